The molecule has 2 rings (SSSR count). The van der Waals surface area contributed by atoms with Crippen molar-refractivity contribution in [3.63, 3.8) is 0 Å². The van der Waals surface area contributed by atoms with E-state index in [-0.39, 0.29) is 5.56 Å². The molecule has 2 aromatic rings. The fourth-order valence-electron chi connectivity index (χ4n) is 2.30. The molecule has 1 aromatic carbocycles. The zero-order valence-electron chi connectivity index (χ0n) is 12.3. The molecule has 6 nitrogen and oxygen atoms in total. The summed E-state index contributed by atoms with van der Waals surface area (Å²) in [6, 6.07) is 9.33. The standard InChI is InChI=1S/C16H17N3O3/c1-9-8-10(2)18-15(21)12(9)16(22)19-13(14(17)20)11-6-4-3-5-7-11/h3-8,13H,1-2H3,(H2,17,20)(H,18,21)(H,19,22)/t13-/m0/s1. The molecule has 0 fully saturated rings. The van der Waals surface area contributed by atoms with Crippen molar-refractivity contribution in [2.24, 2.45) is 5.73 Å². The molecule has 0 saturated heterocycles. The van der Waals surface area contributed by atoms with Crippen molar-refractivity contribution in [3.05, 3.63) is 69.1 Å². The highest BCUT2D eigenvalue weighted by Gasteiger charge is 2.23. The lowest BCUT2D eigenvalue weighted by Gasteiger charge is -2.16. The Bertz CT molecular complexity index is 766. The second-order valence-corrected chi connectivity index (χ2v) is 5.06. The fraction of sp³-hybridized carbons (Fsp3) is 0.188. The molecule has 0 aliphatic heterocycles. The number of carbonyl (C=O) groups is 2. The minimum absolute atomic E-state index is 0.0206. The lowest BCUT2D eigenvalue weighted by Crippen LogP contribution is -2.40. The summed E-state index contributed by atoms with van der Waals surface area (Å²) >= 11 is 0. The molecule has 114 valence electrons. The normalized spacial score (nSPS) is 11.7. The van der Waals surface area contributed by atoms with Gasteiger partial charge in [0.05, 0.1) is 0 Å². The van der Waals surface area contributed by atoms with Crippen LogP contribution in [0.5, 0.6) is 0 Å². The van der Waals surface area contributed by atoms with Crippen LogP contribution in [0.1, 0.15) is 33.2 Å². The van der Waals surface area contributed by atoms with Gasteiger partial charge in [-0.05, 0) is 31.0 Å². The topological polar surface area (TPSA) is 105 Å². The molecular weight excluding hydrogens is 282 g/mol. The third kappa shape index (κ3) is 3.22. The quantitative estimate of drug-likeness (QED) is 0.782. The van der Waals surface area contributed by atoms with Gasteiger partial charge in [-0.2, -0.15) is 0 Å². The molecule has 1 atom stereocenters. The molecule has 2 amide bonds. The van der Waals surface area contributed by atoms with Gasteiger partial charge in [-0.3, -0.25) is 14.4 Å². The van der Waals surface area contributed by atoms with Crippen molar-refractivity contribution >= 4 is 11.8 Å². The number of rotatable bonds is 4. The van der Waals surface area contributed by atoms with Gasteiger partial charge < -0.3 is 16.0 Å². The second-order valence-electron chi connectivity index (χ2n) is 5.06. The first-order valence-electron chi connectivity index (χ1n) is 6.76. The Morgan fingerprint density at radius 1 is 1.18 bits per heavy atom. The van der Waals surface area contributed by atoms with E-state index in [1.54, 1.807) is 50.2 Å². The Morgan fingerprint density at radius 3 is 2.36 bits per heavy atom. The number of aromatic nitrogens is 1. The Hall–Kier alpha value is -2.89. The highest BCUT2D eigenvalue weighted by Crippen LogP contribution is 2.13. The lowest BCUT2D eigenvalue weighted by molar-refractivity contribution is -0.120. The molecule has 1 heterocycles. The predicted octanol–water partition coefficient (Wildman–Crippen LogP) is 0.948. The predicted molar refractivity (Wildman–Crippen MR) is 82.4 cm³/mol. The van der Waals surface area contributed by atoms with Crippen molar-refractivity contribution in [2.45, 2.75) is 19.9 Å². The van der Waals surface area contributed by atoms with Crippen LogP contribution in [-0.2, 0) is 4.79 Å². The smallest absolute Gasteiger partial charge is 0.261 e. The monoisotopic (exact) mass is 299 g/mol. The third-order valence-electron chi connectivity index (χ3n) is 3.29. The van der Waals surface area contributed by atoms with Crippen LogP contribution in [0, 0.1) is 13.8 Å². The van der Waals surface area contributed by atoms with E-state index in [0.717, 1.165) is 0 Å². The first kappa shape index (κ1) is 15.5. The Labute approximate surface area is 127 Å². The largest absolute Gasteiger partial charge is 0.368 e. The van der Waals surface area contributed by atoms with Crippen LogP contribution in [0.25, 0.3) is 0 Å². The number of nitrogens with two attached hydrogens (primary N) is 1. The van der Waals surface area contributed by atoms with E-state index < -0.39 is 23.4 Å². The van der Waals surface area contributed by atoms with Crippen LogP contribution < -0.4 is 16.6 Å². The van der Waals surface area contributed by atoms with Gasteiger partial charge in [0.2, 0.25) is 5.91 Å². The summed E-state index contributed by atoms with van der Waals surface area (Å²) < 4.78 is 0. The average Bonchev–Trinajstić information content (AvgIpc) is 2.44. The number of pyridine rings is 1. The fourth-order valence-corrected chi connectivity index (χ4v) is 2.30. The van der Waals surface area contributed by atoms with Gasteiger partial charge in [0.1, 0.15) is 11.6 Å². The van der Waals surface area contributed by atoms with E-state index >= 15 is 0 Å². The first-order chi connectivity index (χ1) is 10.4. The summed E-state index contributed by atoms with van der Waals surface area (Å²) in [5, 5.41) is 2.52. The van der Waals surface area contributed by atoms with E-state index in [4.69, 9.17) is 5.73 Å². The van der Waals surface area contributed by atoms with Crippen LogP contribution in [-0.4, -0.2) is 16.8 Å². The van der Waals surface area contributed by atoms with Gasteiger partial charge in [-0.15, -0.1) is 0 Å². The molecule has 22 heavy (non-hydrogen) atoms. The van der Waals surface area contributed by atoms with E-state index in [1.807, 2.05) is 0 Å². The van der Waals surface area contributed by atoms with Gasteiger partial charge in [-0.25, -0.2) is 0 Å². The molecule has 0 radical (unpaired) electrons. The first-order valence-corrected chi connectivity index (χ1v) is 6.76. The minimum atomic E-state index is -0.992. The van der Waals surface area contributed by atoms with Crippen LogP contribution in [0.15, 0.2) is 41.2 Å². The molecule has 6 heteroatoms. The van der Waals surface area contributed by atoms with Crippen LogP contribution >= 0.6 is 0 Å². The molecule has 0 saturated carbocycles. The Kier molecular flexibility index (Phi) is 4.41. The van der Waals surface area contributed by atoms with Gasteiger partial charge in [-0.1, -0.05) is 30.3 Å². The molecule has 0 spiro atoms. The summed E-state index contributed by atoms with van der Waals surface area (Å²) in [5.74, 6) is -1.33. The molecule has 1 aromatic heterocycles. The molecule has 4 N–H and O–H groups in total. The van der Waals surface area contributed by atoms with Crippen molar-refractivity contribution < 1.29 is 9.59 Å². The van der Waals surface area contributed by atoms with Crippen LogP contribution in [0.2, 0.25) is 0 Å². The van der Waals surface area contributed by atoms with Crippen molar-refractivity contribution in [1.29, 1.82) is 0 Å². The van der Waals surface area contributed by atoms with Crippen molar-refractivity contribution in [2.75, 3.05) is 0 Å². The second kappa shape index (κ2) is 6.26. The third-order valence-corrected chi connectivity index (χ3v) is 3.29. The van der Waals surface area contributed by atoms with Crippen LogP contribution in [0.3, 0.4) is 0 Å². The molecule has 0 unspecified atom stereocenters. The number of primary amides is 1. The number of H-pyrrole nitrogens is 1. The van der Waals surface area contributed by atoms with Gasteiger partial charge >= 0.3 is 0 Å². The highest BCUT2D eigenvalue weighted by molar-refractivity contribution is 5.98. The van der Waals surface area contributed by atoms with E-state index in [2.05, 4.69) is 10.3 Å². The Balaban J connectivity index is 2.34. The molecule has 0 bridgehead atoms. The van der Waals surface area contributed by atoms with Crippen molar-refractivity contribution in [1.82, 2.24) is 10.3 Å². The Morgan fingerprint density at radius 2 is 1.82 bits per heavy atom. The highest BCUT2D eigenvalue weighted by atomic mass is 16.2. The van der Waals surface area contributed by atoms with Gasteiger partial charge in [0.15, 0.2) is 0 Å². The number of hydrogen-bond donors (Lipinski definition) is 3. The molecule has 0 aliphatic rings. The summed E-state index contributed by atoms with van der Waals surface area (Å²) in [6.07, 6.45) is 0. The average molecular weight is 299 g/mol. The van der Waals surface area contributed by atoms with E-state index in [0.29, 0.717) is 16.8 Å². The zero-order valence-corrected chi connectivity index (χ0v) is 12.3. The summed E-state index contributed by atoms with van der Waals surface area (Å²) in [4.78, 5) is 38.5. The van der Waals surface area contributed by atoms with Crippen LogP contribution in [0.4, 0.5) is 0 Å². The number of aromatic amines is 1. The maximum absolute atomic E-state index is 12.3. The van der Waals surface area contributed by atoms with E-state index in [1.165, 1.54) is 0 Å². The molecule has 0 aliphatic carbocycles. The number of hydrogen-bond acceptors (Lipinski definition) is 3. The van der Waals surface area contributed by atoms with Gasteiger partial charge in [0.25, 0.3) is 11.5 Å². The maximum atomic E-state index is 12.3. The zero-order chi connectivity index (χ0) is 16.3. The summed E-state index contributed by atoms with van der Waals surface area (Å²) in [5.41, 5.74) is 6.60. The lowest BCUT2D eigenvalue weighted by atomic mass is 10.0. The van der Waals surface area contributed by atoms with Gasteiger partial charge in [0, 0.05) is 5.69 Å². The number of nitrogens with one attached hydrogen (secondary N) is 2. The number of amides is 2. The number of benzene rings is 1. The van der Waals surface area contributed by atoms with E-state index in [9.17, 15) is 14.4 Å². The van der Waals surface area contributed by atoms with Crippen molar-refractivity contribution in [3.8, 4) is 0 Å². The summed E-state index contributed by atoms with van der Waals surface area (Å²) in [7, 11) is 0. The number of carbonyl (C=O) groups excluding carboxylic acids is 2. The number of aryl methyl sites for hydroxylation is 2. The summed E-state index contributed by atoms with van der Waals surface area (Å²) in [6.45, 7) is 3.39. The maximum Gasteiger partial charge on any atom is 0.261 e. The SMILES string of the molecule is Cc1cc(C)c(C(=O)N[C@H](C(N)=O)c2ccccc2)c(=O)[nH]1. The molecular formula is C16H17N3O3. The minimum Gasteiger partial charge on any atom is -0.368 e.